The van der Waals surface area contributed by atoms with Gasteiger partial charge in [0.2, 0.25) is 12.3 Å². The van der Waals surface area contributed by atoms with Crippen molar-refractivity contribution in [2.24, 2.45) is 0 Å². The Morgan fingerprint density at radius 1 is 1.36 bits per heavy atom. The van der Waals surface area contributed by atoms with E-state index in [0.29, 0.717) is 31.6 Å². The molecule has 1 saturated heterocycles. The maximum atomic E-state index is 12.0. The number of benzene rings is 1. The number of amides is 2. The highest BCUT2D eigenvalue weighted by molar-refractivity contribution is 5.91. The number of hydrogen-bond acceptors (Lipinski definition) is 5. The lowest BCUT2D eigenvalue weighted by molar-refractivity contribution is -0.192. The summed E-state index contributed by atoms with van der Waals surface area (Å²) < 4.78 is 31.7. The van der Waals surface area contributed by atoms with Gasteiger partial charge in [-0.1, -0.05) is 12.1 Å². The smallest absolute Gasteiger partial charge is 0.475 e. The van der Waals surface area contributed by atoms with Crippen molar-refractivity contribution in [2.75, 3.05) is 12.3 Å². The van der Waals surface area contributed by atoms with Gasteiger partial charge in [0.15, 0.2) is 0 Å². The van der Waals surface area contributed by atoms with Crippen molar-refractivity contribution >= 4 is 35.0 Å². The van der Waals surface area contributed by atoms with E-state index in [1.165, 1.54) is 0 Å². The third kappa shape index (κ3) is 4.87. The molecule has 1 atom stereocenters. The van der Waals surface area contributed by atoms with Crippen molar-refractivity contribution in [3.05, 3.63) is 35.9 Å². The molecule has 0 bridgehead atoms. The number of alkyl halides is 3. The first-order chi connectivity index (χ1) is 13.1. The lowest BCUT2D eigenvalue weighted by Gasteiger charge is -2.25. The van der Waals surface area contributed by atoms with Crippen LogP contribution in [0.4, 0.5) is 19.0 Å². The Morgan fingerprint density at radius 3 is 2.54 bits per heavy atom. The fraction of sp³-hybridized carbons (Fsp3) is 0.294. The second-order valence-electron chi connectivity index (χ2n) is 6.09. The predicted molar refractivity (Wildman–Crippen MR) is 93.1 cm³/mol. The molecule has 2 heterocycles. The molecular formula is C17H17F3N4O4. The summed E-state index contributed by atoms with van der Waals surface area (Å²) in [5.74, 6) is -2.44. The number of carboxylic acids is 1. The zero-order chi connectivity index (χ0) is 20.9. The number of rotatable bonds is 4. The van der Waals surface area contributed by atoms with Crippen molar-refractivity contribution in [1.29, 1.82) is 0 Å². The summed E-state index contributed by atoms with van der Waals surface area (Å²) in [4.78, 5) is 36.1. The Hall–Kier alpha value is -3.37. The number of pyridine rings is 1. The number of hydrogen-bond donors (Lipinski definition) is 4. The molecule has 2 amide bonds. The lowest BCUT2D eigenvalue weighted by atomic mass is 9.89. The molecule has 0 radical (unpaired) electrons. The van der Waals surface area contributed by atoms with Crippen LogP contribution in [0.2, 0.25) is 0 Å². The minimum Gasteiger partial charge on any atom is -0.475 e. The summed E-state index contributed by atoms with van der Waals surface area (Å²) in [5, 5.41) is 13.6. The Balaban J connectivity index is 0.000000345. The number of nitrogen functional groups attached to an aromatic ring is 1. The maximum absolute atomic E-state index is 12.0. The van der Waals surface area contributed by atoms with Gasteiger partial charge in [-0.3, -0.25) is 9.59 Å². The molecule has 0 aliphatic carbocycles. The summed E-state index contributed by atoms with van der Waals surface area (Å²) in [5.41, 5.74) is 6.56. The fourth-order valence-corrected chi connectivity index (χ4v) is 2.78. The van der Waals surface area contributed by atoms with Crippen molar-refractivity contribution in [1.82, 2.24) is 15.6 Å². The van der Waals surface area contributed by atoms with Crippen molar-refractivity contribution in [3.8, 4) is 0 Å². The number of fused-ring (bicyclic) bond motifs is 1. The monoisotopic (exact) mass is 398 g/mol. The van der Waals surface area contributed by atoms with Gasteiger partial charge in [0.25, 0.3) is 0 Å². The first kappa shape index (κ1) is 20.9. The van der Waals surface area contributed by atoms with Crippen molar-refractivity contribution < 1.29 is 32.7 Å². The van der Waals surface area contributed by atoms with Crippen LogP contribution in [0.25, 0.3) is 10.9 Å². The molecule has 0 saturated carbocycles. The molecular weight excluding hydrogens is 381 g/mol. The van der Waals surface area contributed by atoms with E-state index in [2.05, 4.69) is 15.6 Å². The normalized spacial score (nSPS) is 18.8. The molecule has 0 unspecified atom stereocenters. The van der Waals surface area contributed by atoms with Crippen molar-refractivity contribution in [3.63, 3.8) is 0 Å². The van der Waals surface area contributed by atoms with Crippen LogP contribution >= 0.6 is 0 Å². The summed E-state index contributed by atoms with van der Waals surface area (Å²) in [6.07, 6.45) is -3.49. The van der Waals surface area contributed by atoms with Crippen LogP contribution in [-0.4, -0.2) is 46.6 Å². The molecule has 150 valence electrons. The summed E-state index contributed by atoms with van der Waals surface area (Å²) in [6.45, 7) is 0.568. The number of nitrogens with one attached hydrogen (secondary N) is 2. The Kier molecular flexibility index (Phi) is 6.06. The summed E-state index contributed by atoms with van der Waals surface area (Å²) >= 11 is 0. The number of halogens is 3. The van der Waals surface area contributed by atoms with E-state index < -0.39 is 17.7 Å². The molecule has 2 aromatic rings. The van der Waals surface area contributed by atoms with Gasteiger partial charge in [-0.05, 0) is 30.2 Å². The highest BCUT2D eigenvalue weighted by Gasteiger charge is 2.42. The van der Waals surface area contributed by atoms with Crippen molar-refractivity contribution in [2.45, 2.75) is 24.6 Å². The van der Waals surface area contributed by atoms with Crippen LogP contribution in [0.5, 0.6) is 0 Å². The zero-order valence-electron chi connectivity index (χ0n) is 14.4. The van der Waals surface area contributed by atoms with Gasteiger partial charge in [-0.15, -0.1) is 0 Å². The highest BCUT2D eigenvalue weighted by Crippen LogP contribution is 2.24. The second kappa shape index (κ2) is 8.11. The average Bonchev–Trinajstić information content (AvgIpc) is 2.95. The van der Waals surface area contributed by atoms with E-state index in [9.17, 15) is 22.8 Å². The largest absolute Gasteiger partial charge is 0.490 e. The van der Waals surface area contributed by atoms with E-state index in [4.69, 9.17) is 15.6 Å². The van der Waals surface area contributed by atoms with Gasteiger partial charge in [-0.2, -0.15) is 13.2 Å². The van der Waals surface area contributed by atoms with E-state index in [1.54, 1.807) is 6.07 Å². The number of carboxylic acid groups (broad SMARTS) is 1. The fourth-order valence-electron chi connectivity index (χ4n) is 2.78. The average molecular weight is 398 g/mol. The van der Waals surface area contributed by atoms with Crippen LogP contribution < -0.4 is 16.4 Å². The SMILES string of the molecule is Nc1ccc2ccc(C[C@]3(NC=O)CCNC3=O)cc2n1.O=C(O)C(F)(F)F. The van der Waals surface area contributed by atoms with E-state index in [0.717, 1.165) is 16.5 Å². The molecule has 1 fully saturated rings. The number of aromatic nitrogens is 1. The van der Waals surface area contributed by atoms with Gasteiger partial charge in [0.05, 0.1) is 5.52 Å². The van der Waals surface area contributed by atoms with Crippen LogP contribution in [0.1, 0.15) is 12.0 Å². The first-order valence-electron chi connectivity index (χ1n) is 8.02. The third-order valence-corrected chi connectivity index (χ3v) is 4.13. The minimum atomic E-state index is -5.08. The topological polar surface area (TPSA) is 134 Å². The molecule has 0 spiro atoms. The number of carbonyl (C=O) groups is 3. The molecule has 1 aliphatic heterocycles. The van der Waals surface area contributed by atoms with E-state index in [-0.39, 0.29) is 5.91 Å². The van der Waals surface area contributed by atoms with Gasteiger partial charge in [-0.25, -0.2) is 9.78 Å². The number of anilines is 1. The van der Waals surface area contributed by atoms with Crippen LogP contribution in [0.3, 0.4) is 0 Å². The van der Waals surface area contributed by atoms with E-state index in [1.807, 2.05) is 24.3 Å². The molecule has 3 rings (SSSR count). The third-order valence-electron chi connectivity index (χ3n) is 4.13. The Morgan fingerprint density at radius 2 is 2.00 bits per heavy atom. The number of aliphatic carboxylic acids is 1. The molecule has 1 aromatic heterocycles. The number of nitrogens with two attached hydrogens (primary N) is 1. The van der Waals surface area contributed by atoms with Gasteiger partial charge in [0, 0.05) is 18.4 Å². The van der Waals surface area contributed by atoms with Gasteiger partial charge >= 0.3 is 12.1 Å². The Labute approximate surface area is 156 Å². The molecule has 11 heteroatoms. The lowest BCUT2D eigenvalue weighted by Crippen LogP contribution is -2.52. The predicted octanol–water partition coefficient (Wildman–Crippen LogP) is 0.997. The second-order valence-corrected chi connectivity index (χ2v) is 6.09. The molecule has 28 heavy (non-hydrogen) atoms. The number of carbonyl (C=O) groups excluding carboxylic acids is 2. The summed E-state index contributed by atoms with van der Waals surface area (Å²) in [7, 11) is 0. The number of nitrogens with zero attached hydrogens (tertiary/aromatic N) is 1. The molecule has 5 N–H and O–H groups in total. The quantitative estimate of drug-likeness (QED) is 0.568. The van der Waals surface area contributed by atoms with Crippen LogP contribution in [0.15, 0.2) is 30.3 Å². The van der Waals surface area contributed by atoms with Crippen LogP contribution in [-0.2, 0) is 20.8 Å². The minimum absolute atomic E-state index is 0.143. The van der Waals surface area contributed by atoms with Crippen LogP contribution in [0, 0.1) is 0 Å². The molecule has 8 nitrogen and oxygen atoms in total. The van der Waals surface area contributed by atoms with E-state index >= 15 is 0 Å². The van der Waals surface area contributed by atoms with Gasteiger partial charge in [0.1, 0.15) is 11.4 Å². The highest BCUT2D eigenvalue weighted by atomic mass is 19.4. The maximum Gasteiger partial charge on any atom is 0.490 e. The first-order valence-corrected chi connectivity index (χ1v) is 8.02. The molecule has 1 aromatic carbocycles. The zero-order valence-corrected chi connectivity index (χ0v) is 14.4. The Bertz CT molecular complexity index is 904. The molecule has 1 aliphatic rings. The summed E-state index contributed by atoms with van der Waals surface area (Å²) in [6, 6.07) is 9.45. The van der Waals surface area contributed by atoms with Gasteiger partial charge < -0.3 is 21.5 Å². The standard InChI is InChI=1S/C15H16N4O2.C2HF3O2/c16-13-4-3-11-2-1-10(7-12(11)19-13)8-15(18-9-20)5-6-17-14(15)21;3-2(4,5)1(6)7/h1-4,7,9H,5-6,8H2,(H2,16,19)(H,17,21)(H,18,20);(H,6,7)/t15-;/m1./s1.